The van der Waals surface area contributed by atoms with Gasteiger partial charge in [-0.2, -0.15) is 4.98 Å². The molecule has 0 bridgehead atoms. The summed E-state index contributed by atoms with van der Waals surface area (Å²) in [6.07, 6.45) is 9.92. The van der Waals surface area contributed by atoms with Gasteiger partial charge in [-0.1, -0.05) is 31.3 Å². The summed E-state index contributed by atoms with van der Waals surface area (Å²) in [5.74, 6) is 2.11. The number of nitrogens with zero attached hydrogens (tertiary/aromatic N) is 4. The summed E-state index contributed by atoms with van der Waals surface area (Å²) in [4.78, 5) is 20.7. The van der Waals surface area contributed by atoms with Crippen LogP contribution in [0.1, 0.15) is 70.0 Å². The number of likely N-dealkylation sites (tertiary alicyclic amines) is 2. The second-order valence-electron chi connectivity index (χ2n) is 7.77. The topological polar surface area (TPSA) is 88.5 Å². The number of carbonyl (C=O) groups is 1. The Morgan fingerprint density at radius 2 is 2.00 bits per heavy atom. The summed E-state index contributed by atoms with van der Waals surface area (Å²) in [7, 11) is 0. The molecule has 7 heteroatoms. The number of carbonyl (C=O) groups excluding carboxylic acids is 1. The number of aryl methyl sites for hydroxylation is 1. The third kappa shape index (κ3) is 4.96. The second-order valence-corrected chi connectivity index (χ2v) is 7.77. The number of piperidine rings is 1. The highest BCUT2D eigenvalue weighted by Gasteiger charge is 2.33. The second kappa shape index (κ2) is 9.35. The molecule has 7 nitrogen and oxygen atoms in total. The summed E-state index contributed by atoms with van der Waals surface area (Å²) >= 11 is 0. The van der Waals surface area contributed by atoms with Crippen molar-refractivity contribution in [1.29, 1.82) is 0 Å². The lowest BCUT2D eigenvalue weighted by molar-refractivity contribution is 0.0962. The van der Waals surface area contributed by atoms with E-state index in [0.717, 1.165) is 82.8 Å². The number of hydrogen-bond acceptors (Lipinski definition) is 5. The maximum absolute atomic E-state index is 11.9. The van der Waals surface area contributed by atoms with Crippen molar-refractivity contribution in [2.45, 2.75) is 77.3 Å². The zero-order valence-corrected chi connectivity index (χ0v) is 16.0. The first-order valence-corrected chi connectivity index (χ1v) is 10.3. The highest BCUT2D eigenvalue weighted by Crippen LogP contribution is 2.30. The summed E-state index contributed by atoms with van der Waals surface area (Å²) in [6.45, 7) is 5.75. The lowest BCUT2D eigenvalue weighted by atomic mass is 9.86. The van der Waals surface area contributed by atoms with Crippen molar-refractivity contribution in [2.75, 3.05) is 19.6 Å². The van der Waals surface area contributed by atoms with Gasteiger partial charge in [0.15, 0.2) is 5.82 Å². The number of rotatable bonds is 6. The maximum Gasteiger partial charge on any atom is 0.315 e. The molecule has 0 radical (unpaired) electrons. The van der Waals surface area contributed by atoms with Crippen molar-refractivity contribution in [3.63, 3.8) is 0 Å². The fourth-order valence-electron chi connectivity index (χ4n) is 4.38. The number of aromatic nitrogens is 2. The summed E-state index contributed by atoms with van der Waals surface area (Å²) < 4.78 is 5.40. The molecule has 0 saturated carbocycles. The van der Waals surface area contributed by atoms with Crippen molar-refractivity contribution in [2.24, 2.45) is 11.7 Å². The molecular formula is C19H33N5O2. The van der Waals surface area contributed by atoms with E-state index in [0.29, 0.717) is 12.0 Å². The Morgan fingerprint density at radius 3 is 2.73 bits per heavy atom. The van der Waals surface area contributed by atoms with E-state index in [4.69, 9.17) is 10.3 Å². The van der Waals surface area contributed by atoms with Crippen LogP contribution in [0.5, 0.6) is 0 Å². The van der Waals surface area contributed by atoms with Gasteiger partial charge >= 0.3 is 6.03 Å². The van der Waals surface area contributed by atoms with Gasteiger partial charge in [0, 0.05) is 19.0 Å². The van der Waals surface area contributed by atoms with Crippen molar-refractivity contribution >= 4 is 6.03 Å². The molecule has 2 fully saturated rings. The zero-order valence-electron chi connectivity index (χ0n) is 16.0. The van der Waals surface area contributed by atoms with Crippen LogP contribution in [0.15, 0.2) is 4.52 Å². The molecule has 0 unspecified atom stereocenters. The Balaban J connectivity index is 1.50. The van der Waals surface area contributed by atoms with Gasteiger partial charge in [0.2, 0.25) is 5.89 Å². The van der Waals surface area contributed by atoms with E-state index < -0.39 is 0 Å². The highest BCUT2D eigenvalue weighted by molar-refractivity contribution is 5.72. The van der Waals surface area contributed by atoms with Crippen LogP contribution in [-0.2, 0) is 13.0 Å². The van der Waals surface area contributed by atoms with Crippen LogP contribution in [0, 0.1) is 5.92 Å². The first-order chi connectivity index (χ1) is 12.7. The Morgan fingerprint density at radius 1 is 1.19 bits per heavy atom. The molecule has 1 atom stereocenters. The Hall–Kier alpha value is -1.63. The van der Waals surface area contributed by atoms with Crippen LogP contribution in [0.3, 0.4) is 0 Å². The molecular weight excluding hydrogens is 330 g/mol. The summed E-state index contributed by atoms with van der Waals surface area (Å²) in [5.41, 5.74) is 5.65. The van der Waals surface area contributed by atoms with E-state index in [1.807, 2.05) is 4.90 Å². The molecule has 2 aliphatic rings. The normalized spacial score (nSPS) is 23.1. The van der Waals surface area contributed by atoms with Crippen molar-refractivity contribution in [1.82, 2.24) is 19.9 Å². The Bertz CT molecular complexity index is 568. The van der Waals surface area contributed by atoms with Crippen molar-refractivity contribution in [3.8, 4) is 0 Å². The summed E-state index contributed by atoms with van der Waals surface area (Å²) in [6, 6.07) is 0.0750. The SMILES string of the molecule is CCCCc1noc(CN2CCC([C@@H]3CCCCCN3C(N)=O)CC2)n1. The van der Waals surface area contributed by atoms with Gasteiger partial charge in [-0.3, -0.25) is 4.90 Å². The molecule has 146 valence electrons. The first-order valence-electron chi connectivity index (χ1n) is 10.3. The van der Waals surface area contributed by atoms with Crippen LogP contribution < -0.4 is 5.73 Å². The minimum atomic E-state index is -0.246. The van der Waals surface area contributed by atoms with Gasteiger partial charge in [-0.25, -0.2) is 4.79 Å². The lowest BCUT2D eigenvalue weighted by Gasteiger charge is -2.39. The predicted molar refractivity (Wildman–Crippen MR) is 99.5 cm³/mol. The molecule has 2 saturated heterocycles. The van der Waals surface area contributed by atoms with E-state index in [1.165, 1.54) is 12.8 Å². The average Bonchev–Trinajstić information content (AvgIpc) is 2.93. The minimum Gasteiger partial charge on any atom is -0.351 e. The Labute approximate surface area is 156 Å². The monoisotopic (exact) mass is 363 g/mol. The fourth-order valence-corrected chi connectivity index (χ4v) is 4.38. The zero-order chi connectivity index (χ0) is 18.4. The van der Waals surface area contributed by atoms with Gasteiger partial charge in [0.1, 0.15) is 0 Å². The average molecular weight is 364 g/mol. The van der Waals surface area contributed by atoms with Gasteiger partial charge in [0.25, 0.3) is 0 Å². The number of amides is 2. The third-order valence-electron chi connectivity index (χ3n) is 5.88. The molecule has 1 aromatic heterocycles. The van der Waals surface area contributed by atoms with E-state index >= 15 is 0 Å². The van der Waals surface area contributed by atoms with E-state index in [2.05, 4.69) is 22.0 Å². The predicted octanol–water partition coefficient (Wildman–Crippen LogP) is 2.95. The standard InChI is InChI=1S/C19H33N5O2/c1-2-3-8-17-21-18(26-22-17)14-23-12-9-15(10-13-23)16-7-5-4-6-11-24(16)19(20)25/h15-16H,2-14H2,1H3,(H2,20,25)/t16-/m0/s1. The molecule has 0 spiro atoms. The summed E-state index contributed by atoms with van der Waals surface area (Å²) in [5, 5.41) is 4.08. The lowest BCUT2D eigenvalue weighted by Crippen LogP contribution is -2.49. The van der Waals surface area contributed by atoms with Gasteiger partial charge in [-0.05, 0) is 51.1 Å². The van der Waals surface area contributed by atoms with Crippen molar-refractivity contribution in [3.05, 3.63) is 11.7 Å². The molecule has 26 heavy (non-hydrogen) atoms. The van der Waals surface area contributed by atoms with Crippen LogP contribution in [0.4, 0.5) is 4.79 Å². The number of urea groups is 1. The first kappa shape index (κ1) is 19.1. The van der Waals surface area contributed by atoms with Crippen LogP contribution >= 0.6 is 0 Å². The molecule has 0 aromatic carbocycles. The molecule has 1 aromatic rings. The molecule has 3 rings (SSSR count). The number of unbranched alkanes of at least 4 members (excludes halogenated alkanes) is 1. The van der Waals surface area contributed by atoms with Crippen LogP contribution in [0.25, 0.3) is 0 Å². The minimum absolute atomic E-state index is 0.246. The number of nitrogens with two attached hydrogens (primary N) is 1. The quantitative estimate of drug-likeness (QED) is 0.839. The third-order valence-corrected chi connectivity index (χ3v) is 5.88. The largest absolute Gasteiger partial charge is 0.351 e. The molecule has 0 aliphatic carbocycles. The smallest absolute Gasteiger partial charge is 0.315 e. The van der Waals surface area contributed by atoms with Crippen molar-refractivity contribution < 1.29 is 9.32 Å². The molecule has 3 heterocycles. The fraction of sp³-hybridized carbons (Fsp3) is 0.842. The molecule has 2 amide bonds. The van der Waals surface area contributed by atoms with Crippen LogP contribution in [-0.4, -0.2) is 51.6 Å². The maximum atomic E-state index is 11.9. The van der Waals surface area contributed by atoms with E-state index in [1.54, 1.807) is 0 Å². The van der Waals surface area contributed by atoms with Gasteiger partial charge in [-0.15, -0.1) is 0 Å². The Kier molecular flexibility index (Phi) is 6.88. The number of hydrogen-bond donors (Lipinski definition) is 1. The molecule has 2 aliphatic heterocycles. The molecule has 2 N–H and O–H groups in total. The van der Waals surface area contributed by atoms with Gasteiger partial charge < -0.3 is 15.2 Å². The van der Waals surface area contributed by atoms with E-state index in [9.17, 15) is 4.79 Å². The highest BCUT2D eigenvalue weighted by atomic mass is 16.5. The van der Waals surface area contributed by atoms with E-state index in [-0.39, 0.29) is 6.03 Å². The number of primary amides is 1. The van der Waals surface area contributed by atoms with Gasteiger partial charge in [0.05, 0.1) is 6.54 Å². The van der Waals surface area contributed by atoms with Crippen LogP contribution in [0.2, 0.25) is 0 Å².